The molecule has 154 valence electrons. The number of hydrogen-bond acceptors (Lipinski definition) is 5. The number of nitrogens with zero attached hydrogens (tertiary/aromatic N) is 4. The first-order valence-electron chi connectivity index (χ1n) is 10.8. The van der Waals surface area contributed by atoms with Crippen molar-refractivity contribution in [3.05, 3.63) is 35.4 Å². The third kappa shape index (κ3) is 2.97. The van der Waals surface area contributed by atoms with E-state index in [1.54, 1.807) is 29.2 Å². The molecule has 0 aromatic heterocycles. The minimum Gasteiger partial charge on any atom is -0.333 e. The first-order valence-corrected chi connectivity index (χ1v) is 10.8. The summed E-state index contributed by atoms with van der Waals surface area (Å²) in [6.45, 7) is 0. The topological polar surface area (TPSA) is 114 Å². The second-order valence-corrected chi connectivity index (χ2v) is 9.23. The van der Waals surface area contributed by atoms with Crippen molar-refractivity contribution in [2.24, 2.45) is 17.6 Å². The minimum absolute atomic E-state index is 0.00440. The maximum absolute atomic E-state index is 13.1. The first-order chi connectivity index (χ1) is 14.5. The van der Waals surface area contributed by atoms with E-state index in [0.717, 1.165) is 38.5 Å². The fraction of sp³-hybridized carbons (Fsp3) is 0.565. The van der Waals surface area contributed by atoms with Crippen LogP contribution >= 0.6 is 0 Å². The Labute approximate surface area is 176 Å². The Balaban J connectivity index is 1.28. The van der Waals surface area contributed by atoms with Crippen LogP contribution in [-0.4, -0.2) is 51.8 Å². The summed E-state index contributed by atoms with van der Waals surface area (Å²) in [5.41, 5.74) is 7.58. The molecule has 7 nitrogen and oxygen atoms in total. The summed E-state index contributed by atoms with van der Waals surface area (Å²) >= 11 is 0. The molecule has 0 spiro atoms. The van der Waals surface area contributed by atoms with Crippen LogP contribution in [0.2, 0.25) is 0 Å². The molecule has 3 saturated heterocycles. The van der Waals surface area contributed by atoms with Gasteiger partial charge in [0.05, 0.1) is 23.7 Å². The van der Waals surface area contributed by atoms with Crippen molar-refractivity contribution in [2.75, 3.05) is 0 Å². The molecule has 1 saturated carbocycles. The molecule has 2 amide bonds. The maximum Gasteiger partial charge on any atom is 0.254 e. The summed E-state index contributed by atoms with van der Waals surface area (Å²) in [5.74, 6) is 0.434. The molecule has 0 unspecified atom stereocenters. The Bertz CT molecular complexity index is 947. The van der Waals surface area contributed by atoms with Crippen molar-refractivity contribution in [2.45, 2.75) is 68.7 Å². The van der Waals surface area contributed by atoms with Crippen molar-refractivity contribution in [1.29, 1.82) is 10.5 Å². The number of likely N-dealkylation sites (tertiary alicyclic amines) is 1. The van der Waals surface area contributed by atoms with Crippen molar-refractivity contribution >= 4 is 11.8 Å². The van der Waals surface area contributed by atoms with Gasteiger partial charge >= 0.3 is 0 Å². The van der Waals surface area contributed by atoms with Gasteiger partial charge in [-0.1, -0.05) is 0 Å². The third-order valence-electron chi connectivity index (χ3n) is 7.57. The fourth-order valence-electron chi connectivity index (χ4n) is 5.94. The Morgan fingerprint density at radius 1 is 1.00 bits per heavy atom. The summed E-state index contributed by atoms with van der Waals surface area (Å²) in [4.78, 5) is 30.0. The predicted molar refractivity (Wildman–Crippen MR) is 108 cm³/mol. The normalized spacial score (nSPS) is 34.6. The molecule has 1 aliphatic carbocycles. The summed E-state index contributed by atoms with van der Waals surface area (Å²) < 4.78 is 0. The van der Waals surface area contributed by atoms with Crippen molar-refractivity contribution in [3.63, 3.8) is 0 Å². The molecule has 4 fully saturated rings. The van der Waals surface area contributed by atoms with Crippen LogP contribution in [0.3, 0.4) is 0 Å². The van der Waals surface area contributed by atoms with E-state index in [9.17, 15) is 14.9 Å². The molecule has 6 atom stereocenters. The zero-order valence-electron chi connectivity index (χ0n) is 16.8. The third-order valence-corrected chi connectivity index (χ3v) is 7.57. The molecule has 4 aliphatic rings. The Morgan fingerprint density at radius 2 is 1.67 bits per heavy atom. The molecule has 3 aliphatic heterocycles. The number of carbonyl (C=O) groups is 2. The predicted octanol–water partition coefficient (Wildman–Crippen LogP) is 1.78. The number of rotatable bonds is 3. The number of hydrogen-bond donors (Lipinski definition) is 1. The molecule has 1 aromatic carbocycles. The van der Waals surface area contributed by atoms with Gasteiger partial charge in [0.2, 0.25) is 5.91 Å². The summed E-state index contributed by atoms with van der Waals surface area (Å²) in [6.07, 6.45) is 5.09. The SMILES string of the molecule is N#Cc1ccc(C(=O)N2[C@H]3CC[C@H]2CC([C@H](N)C(=O)N2[C@H](C#N)C[C@@H]4C[C@@H]42)C3)cc1. The Morgan fingerprint density at radius 3 is 2.27 bits per heavy atom. The van der Waals surface area contributed by atoms with Crippen molar-refractivity contribution in [1.82, 2.24) is 9.80 Å². The lowest BCUT2D eigenvalue weighted by Gasteiger charge is -2.41. The van der Waals surface area contributed by atoms with Gasteiger partial charge < -0.3 is 15.5 Å². The lowest BCUT2D eigenvalue weighted by molar-refractivity contribution is -0.135. The Kier molecular flexibility index (Phi) is 4.52. The van der Waals surface area contributed by atoms with Crippen LogP contribution in [0.25, 0.3) is 0 Å². The standard InChI is InChI=1S/C23H25N5O2/c24-11-13-1-3-14(4-2-13)22(29)27-17-5-6-18(27)9-16(8-17)21(26)23(30)28-19(12-25)7-15-10-20(15)28/h1-4,15-21H,5-10,26H2/t15-,17+,18+,19+,20+,21+/m1/s1. The largest absolute Gasteiger partial charge is 0.333 e. The monoisotopic (exact) mass is 403 g/mol. The Hall–Kier alpha value is -2.90. The fourth-order valence-corrected chi connectivity index (χ4v) is 5.94. The maximum atomic E-state index is 13.1. The average Bonchev–Trinajstić information content (AvgIpc) is 3.36. The van der Waals surface area contributed by atoms with E-state index in [-0.39, 0.29) is 41.9 Å². The lowest BCUT2D eigenvalue weighted by atomic mass is 9.84. The van der Waals surface area contributed by atoms with Crippen LogP contribution in [0.4, 0.5) is 0 Å². The van der Waals surface area contributed by atoms with E-state index >= 15 is 0 Å². The molecule has 5 rings (SSSR count). The number of nitriles is 2. The summed E-state index contributed by atoms with van der Waals surface area (Å²) in [7, 11) is 0. The van der Waals surface area contributed by atoms with Crippen LogP contribution in [0.1, 0.15) is 54.4 Å². The van der Waals surface area contributed by atoms with Crippen LogP contribution in [0.5, 0.6) is 0 Å². The average molecular weight is 403 g/mol. The quantitative estimate of drug-likeness (QED) is 0.826. The van der Waals surface area contributed by atoms with E-state index in [1.807, 2.05) is 4.90 Å². The summed E-state index contributed by atoms with van der Waals surface area (Å²) in [6, 6.07) is 10.6. The molecule has 30 heavy (non-hydrogen) atoms. The molecular formula is C23H25N5O2. The highest BCUT2D eigenvalue weighted by Gasteiger charge is 2.56. The van der Waals surface area contributed by atoms with E-state index in [0.29, 0.717) is 17.0 Å². The highest BCUT2D eigenvalue weighted by atomic mass is 16.2. The van der Waals surface area contributed by atoms with Gasteiger partial charge in [0.15, 0.2) is 0 Å². The van der Waals surface area contributed by atoms with Crippen LogP contribution < -0.4 is 5.73 Å². The molecule has 3 heterocycles. The lowest BCUT2D eigenvalue weighted by Crippen LogP contribution is -2.55. The molecule has 7 heteroatoms. The number of amides is 2. The second-order valence-electron chi connectivity index (χ2n) is 9.23. The number of benzene rings is 1. The van der Waals surface area contributed by atoms with Crippen molar-refractivity contribution in [3.8, 4) is 12.1 Å². The second kappa shape index (κ2) is 7.11. The van der Waals surface area contributed by atoms with Crippen LogP contribution in [0.15, 0.2) is 24.3 Å². The van der Waals surface area contributed by atoms with E-state index in [2.05, 4.69) is 12.1 Å². The van der Waals surface area contributed by atoms with Gasteiger partial charge in [-0.05, 0) is 74.6 Å². The van der Waals surface area contributed by atoms with E-state index < -0.39 is 6.04 Å². The molecule has 0 radical (unpaired) electrons. The highest BCUT2D eigenvalue weighted by molar-refractivity contribution is 5.95. The van der Waals surface area contributed by atoms with Gasteiger partial charge in [0.1, 0.15) is 6.04 Å². The molecular weight excluding hydrogens is 378 g/mol. The molecule has 2 bridgehead atoms. The number of nitrogens with two attached hydrogens (primary N) is 1. The number of carbonyl (C=O) groups excluding carboxylic acids is 2. The van der Waals surface area contributed by atoms with Crippen molar-refractivity contribution < 1.29 is 9.59 Å². The number of fused-ring (bicyclic) bond motifs is 3. The smallest absolute Gasteiger partial charge is 0.254 e. The van der Waals surface area contributed by atoms with Gasteiger partial charge in [0.25, 0.3) is 5.91 Å². The number of piperidine rings is 2. The molecule has 1 aromatic rings. The summed E-state index contributed by atoms with van der Waals surface area (Å²) in [5, 5.41) is 18.4. The van der Waals surface area contributed by atoms with Crippen LogP contribution in [0, 0.1) is 34.5 Å². The van der Waals surface area contributed by atoms with Gasteiger partial charge in [-0.2, -0.15) is 10.5 Å². The zero-order chi connectivity index (χ0) is 21.0. The van der Waals surface area contributed by atoms with Gasteiger partial charge in [0, 0.05) is 23.7 Å². The molecule has 2 N–H and O–H groups in total. The first kappa shape index (κ1) is 19.1. The zero-order valence-corrected chi connectivity index (χ0v) is 16.8. The van der Waals surface area contributed by atoms with Gasteiger partial charge in [-0.25, -0.2) is 0 Å². The highest BCUT2D eigenvalue weighted by Crippen LogP contribution is 2.48. The van der Waals surface area contributed by atoms with Gasteiger partial charge in [-0.3, -0.25) is 9.59 Å². The van der Waals surface area contributed by atoms with E-state index in [4.69, 9.17) is 11.0 Å². The minimum atomic E-state index is -0.601. The van der Waals surface area contributed by atoms with Gasteiger partial charge in [-0.15, -0.1) is 0 Å². The van der Waals surface area contributed by atoms with Crippen LogP contribution in [-0.2, 0) is 4.79 Å². The van der Waals surface area contributed by atoms with E-state index in [1.165, 1.54) is 0 Å².